The fourth-order valence-electron chi connectivity index (χ4n) is 2.08. The average Bonchev–Trinajstić information content (AvgIpc) is 2.86. The highest BCUT2D eigenvalue weighted by atomic mass is 35.5. The van der Waals surface area contributed by atoms with Crippen molar-refractivity contribution < 1.29 is 0 Å². The summed E-state index contributed by atoms with van der Waals surface area (Å²) in [5.41, 5.74) is 9.47. The van der Waals surface area contributed by atoms with Gasteiger partial charge >= 0.3 is 0 Å². The van der Waals surface area contributed by atoms with E-state index < -0.39 is 0 Å². The standard InChI is InChI=1S/C12H12ClN5/c1-17-6-7(5-15-17)8-3-4-9(13)11-10(8)16-12(14)18(11)2/h3-6H,1-2H3,(H2,14,16). The molecule has 0 aliphatic rings. The Balaban J connectivity index is 2.38. The molecule has 6 heteroatoms. The lowest BCUT2D eigenvalue weighted by atomic mass is 10.1. The molecular weight excluding hydrogens is 250 g/mol. The minimum absolute atomic E-state index is 0.447. The zero-order chi connectivity index (χ0) is 12.9. The van der Waals surface area contributed by atoms with Crippen LogP contribution in [0.5, 0.6) is 0 Å². The van der Waals surface area contributed by atoms with E-state index in [2.05, 4.69) is 10.1 Å². The number of imidazole rings is 1. The third-order valence-corrected chi connectivity index (χ3v) is 3.33. The van der Waals surface area contributed by atoms with E-state index in [1.807, 2.05) is 32.4 Å². The summed E-state index contributed by atoms with van der Waals surface area (Å²) in [7, 11) is 3.73. The van der Waals surface area contributed by atoms with Crippen LogP contribution >= 0.6 is 11.6 Å². The lowest BCUT2D eigenvalue weighted by Gasteiger charge is -2.02. The van der Waals surface area contributed by atoms with E-state index in [1.165, 1.54) is 0 Å². The van der Waals surface area contributed by atoms with Gasteiger partial charge in [0.1, 0.15) is 5.52 Å². The van der Waals surface area contributed by atoms with Gasteiger partial charge in [-0.05, 0) is 6.07 Å². The van der Waals surface area contributed by atoms with Crippen molar-refractivity contribution in [1.82, 2.24) is 19.3 Å². The number of hydrogen-bond donors (Lipinski definition) is 1. The van der Waals surface area contributed by atoms with Gasteiger partial charge in [0.05, 0.1) is 16.7 Å². The second kappa shape index (κ2) is 3.74. The molecule has 2 aromatic heterocycles. The van der Waals surface area contributed by atoms with Crippen LogP contribution < -0.4 is 5.73 Å². The second-order valence-corrected chi connectivity index (χ2v) is 4.63. The molecule has 0 radical (unpaired) electrons. The van der Waals surface area contributed by atoms with E-state index >= 15 is 0 Å². The zero-order valence-electron chi connectivity index (χ0n) is 10.1. The predicted octanol–water partition coefficient (Wildman–Crippen LogP) is 2.21. The van der Waals surface area contributed by atoms with Crippen LogP contribution in [0.4, 0.5) is 5.95 Å². The Morgan fingerprint density at radius 1 is 1.28 bits per heavy atom. The Labute approximate surface area is 109 Å². The van der Waals surface area contributed by atoms with Gasteiger partial charge in [0, 0.05) is 31.4 Å². The Hall–Kier alpha value is -2.01. The van der Waals surface area contributed by atoms with Gasteiger partial charge in [-0.3, -0.25) is 4.68 Å². The number of nitrogens with two attached hydrogens (primary N) is 1. The zero-order valence-corrected chi connectivity index (χ0v) is 10.8. The Bertz CT molecular complexity index is 740. The number of hydrogen-bond acceptors (Lipinski definition) is 3. The van der Waals surface area contributed by atoms with E-state index in [-0.39, 0.29) is 0 Å². The van der Waals surface area contributed by atoms with Crippen molar-refractivity contribution in [1.29, 1.82) is 0 Å². The molecule has 0 fully saturated rings. The summed E-state index contributed by atoms with van der Waals surface area (Å²) in [6.07, 6.45) is 3.74. The number of nitrogens with zero attached hydrogens (tertiary/aromatic N) is 4. The Morgan fingerprint density at radius 2 is 2.06 bits per heavy atom. The monoisotopic (exact) mass is 261 g/mol. The first-order chi connectivity index (χ1) is 8.58. The van der Waals surface area contributed by atoms with Gasteiger partial charge in [-0.1, -0.05) is 17.7 Å². The fraction of sp³-hybridized carbons (Fsp3) is 0.167. The topological polar surface area (TPSA) is 61.7 Å². The van der Waals surface area contributed by atoms with E-state index in [4.69, 9.17) is 17.3 Å². The highest BCUT2D eigenvalue weighted by molar-refractivity contribution is 6.35. The third-order valence-electron chi connectivity index (χ3n) is 3.02. The minimum atomic E-state index is 0.447. The molecule has 0 spiro atoms. The van der Waals surface area contributed by atoms with Crippen molar-refractivity contribution in [2.45, 2.75) is 0 Å². The van der Waals surface area contributed by atoms with Crippen LogP contribution in [0, 0.1) is 0 Å². The molecule has 92 valence electrons. The summed E-state index contributed by atoms with van der Waals surface area (Å²) in [4.78, 5) is 4.38. The maximum absolute atomic E-state index is 6.20. The number of halogens is 1. The maximum Gasteiger partial charge on any atom is 0.200 e. The Morgan fingerprint density at radius 3 is 2.72 bits per heavy atom. The summed E-state index contributed by atoms with van der Waals surface area (Å²) in [6, 6.07) is 3.79. The quantitative estimate of drug-likeness (QED) is 0.731. The highest BCUT2D eigenvalue weighted by Crippen LogP contribution is 2.33. The van der Waals surface area contributed by atoms with E-state index in [0.29, 0.717) is 11.0 Å². The predicted molar refractivity (Wildman–Crippen MR) is 72.3 cm³/mol. The molecule has 0 saturated carbocycles. The SMILES string of the molecule is Cn1cc(-c2ccc(Cl)c3c2nc(N)n3C)cn1. The summed E-state index contributed by atoms with van der Waals surface area (Å²) < 4.78 is 3.54. The number of rotatable bonds is 1. The molecule has 0 aliphatic carbocycles. The van der Waals surface area contributed by atoms with Crippen LogP contribution in [0.25, 0.3) is 22.2 Å². The molecule has 0 saturated heterocycles. The van der Waals surface area contributed by atoms with E-state index in [1.54, 1.807) is 15.4 Å². The van der Waals surface area contributed by atoms with Gasteiger partial charge in [0.25, 0.3) is 0 Å². The van der Waals surface area contributed by atoms with Crippen molar-refractivity contribution >= 4 is 28.6 Å². The molecule has 2 N–H and O–H groups in total. The molecular formula is C12H12ClN5. The first-order valence-electron chi connectivity index (χ1n) is 5.47. The molecule has 1 aromatic carbocycles. The molecule has 0 atom stereocenters. The lowest BCUT2D eigenvalue weighted by molar-refractivity contribution is 0.768. The van der Waals surface area contributed by atoms with Crippen LogP contribution in [-0.2, 0) is 14.1 Å². The van der Waals surface area contributed by atoms with Crippen molar-refractivity contribution in [3.05, 3.63) is 29.5 Å². The van der Waals surface area contributed by atoms with Crippen molar-refractivity contribution in [3.63, 3.8) is 0 Å². The van der Waals surface area contributed by atoms with Crippen LogP contribution in [0.15, 0.2) is 24.5 Å². The van der Waals surface area contributed by atoms with E-state index in [9.17, 15) is 0 Å². The number of benzene rings is 1. The van der Waals surface area contributed by atoms with Gasteiger partial charge in [0.2, 0.25) is 5.95 Å². The minimum Gasteiger partial charge on any atom is -0.369 e. The molecule has 0 amide bonds. The molecule has 0 aliphatic heterocycles. The summed E-state index contributed by atoms with van der Waals surface area (Å²) in [6.45, 7) is 0. The normalized spacial score (nSPS) is 11.3. The first-order valence-corrected chi connectivity index (χ1v) is 5.85. The number of aromatic nitrogens is 4. The molecule has 5 nitrogen and oxygen atoms in total. The van der Waals surface area contributed by atoms with Gasteiger partial charge in [-0.2, -0.15) is 5.10 Å². The molecule has 2 heterocycles. The summed E-state index contributed by atoms with van der Waals surface area (Å²) in [5.74, 6) is 0.447. The average molecular weight is 262 g/mol. The Kier molecular flexibility index (Phi) is 2.31. The molecule has 0 bridgehead atoms. The summed E-state index contributed by atoms with van der Waals surface area (Å²) >= 11 is 6.20. The van der Waals surface area contributed by atoms with Crippen LogP contribution in [0.2, 0.25) is 5.02 Å². The van der Waals surface area contributed by atoms with Crippen molar-refractivity contribution in [3.8, 4) is 11.1 Å². The highest BCUT2D eigenvalue weighted by Gasteiger charge is 2.14. The van der Waals surface area contributed by atoms with Crippen LogP contribution in [0.1, 0.15) is 0 Å². The lowest BCUT2D eigenvalue weighted by Crippen LogP contribution is -1.96. The third kappa shape index (κ3) is 1.48. The molecule has 0 unspecified atom stereocenters. The first kappa shape index (κ1) is 11.1. The largest absolute Gasteiger partial charge is 0.369 e. The molecule has 18 heavy (non-hydrogen) atoms. The second-order valence-electron chi connectivity index (χ2n) is 4.22. The van der Waals surface area contributed by atoms with Crippen molar-refractivity contribution in [2.75, 3.05) is 5.73 Å². The van der Waals surface area contributed by atoms with Gasteiger partial charge in [0.15, 0.2) is 0 Å². The fourth-order valence-corrected chi connectivity index (χ4v) is 2.36. The number of nitrogen functional groups attached to an aromatic ring is 1. The molecule has 3 rings (SSSR count). The maximum atomic E-state index is 6.20. The van der Waals surface area contributed by atoms with Gasteiger partial charge in [-0.15, -0.1) is 0 Å². The van der Waals surface area contributed by atoms with Crippen LogP contribution in [-0.4, -0.2) is 19.3 Å². The van der Waals surface area contributed by atoms with Crippen LogP contribution in [0.3, 0.4) is 0 Å². The number of fused-ring (bicyclic) bond motifs is 1. The number of aryl methyl sites for hydroxylation is 2. The number of anilines is 1. The van der Waals surface area contributed by atoms with Gasteiger partial charge < -0.3 is 10.3 Å². The summed E-state index contributed by atoms with van der Waals surface area (Å²) in [5, 5.41) is 4.81. The smallest absolute Gasteiger partial charge is 0.200 e. The van der Waals surface area contributed by atoms with Gasteiger partial charge in [-0.25, -0.2) is 4.98 Å². The molecule has 3 aromatic rings. The van der Waals surface area contributed by atoms with Crippen molar-refractivity contribution in [2.24, 2.45) is 14.1 Å². The van der Waals surface area contributed by atoms with E-state index in [0.717, 1.165) is 22.2 Å².